The topological polar surface area (TPSA) is 96.0 Å². The van der Waals surface area contributed by atoms with E-state index in [1.807, 2.05) is 24.3 Å². The Hall–Kier alpha value is -4.87. The summed E-state index contributed by atoms with van der Waals surface area (Å²) in [6.07, 6.45) is 3.21. The highest BCUT2D eigenvalue weighted by Gasteiger charge is 2.33. The number of thiazole rings is 1. The molecule has 1 aromatic heterocycles. The summed E-state index contributed by atoms with van der Waals surface area (Å²) in [5.41, 5.74) is 5.41. The average Bonchev–Trinajstić information content (AvgIpc) is 3.37. The maximum Gasteiger partial charge on any atom is 0.271 e. The zero-order valence-electron chi connectivity index (χ0n) is 24.4. The van der Waals surface area contributed by atoms with Crippen LogP contribution in [0.3, 0.4) is 0 Å². The summed E-state index contributed by atoms with van der Waals surface area (Å²) >= 11 is 4.82. The van der Waals surface area contributed by atoms with Crippen molar-refractivity contribution in [2.45, 2.75) is 25.5 Å². The van der Waals surface area contributed by atoms with E-state index in [1.165, 1.54) is 36.1 Å². The molecule has 1 aliphatic heterocycles. The van der Waals surface area contributed by atoms with Crippen LogP contribution in [0.25, 0.3) is 11.8 Å². The Balaban J connectivity index is 1.35. The molecule has 4 aromatic carbocycles. The quantitative estimate of drug-likeness (QED) is 0.139. The highest BCUT2D eigenvalue weighted by molar-refractivity contribution is 9.10. The smallest absolute Gasteiger partial charge is 0.271 e. The SMILES string of the molecule is COc1cc(/C=c2/sc3n(c2=O)[C@H](c2cccc([N+](=O)[O-])c2)C2=C(N=3)c3ccccc3CC2)cc(Br)c1OCc1ccccc1F. The van der Waals surface area contributed by atoms with Crippen molar-refractivity contribution >= 4 is 44.7 Å². The molecule has 46 heavy (non-hydrogen) atoms. The molecule has 0 saturated carbocycles. The van der Waals surface area contributed by atoms with Crippen molar-refractivity contribution in [2.24, 2.45) is 4.99 Å². The molecular formula is C35H25BrFN3O5S. The molecule has 0 spiro atoms. The normalized spacial score (nSPS) is 15.5. The molecule has 0 amide bonds. The number of aromatic nitrogens is 1. The van der Waals surface area contributed by atoms with E-state index in [2.05, 4.69) is 22.0 Å². The van der Waals surface area contributed by atoms with Gasteiger partial charge in [-0.3, -0.25) is 19.5 Å². The van der Waals surface area contributed by atoms with E-state index in [4.69, 9.17) is 14.5 Å². The molecule has 1 atom stereocenters. The summed E-state index contributed by atoms with van der Waals surface area (Å²) in [5.74, 6) is 0.450. The van der Waals surface area contributed by atoms with E-state index in [9.17, 15) is 19.3 Å². The molecule has 0 radical (unpaired) electrons. The summed E-state index contributed by atoms with van der Waals surface area (Å²) < 4.78 is 28.4. The minimum atomic E-state index is -0.544. The van der Waals surface area contributed by atoms with Crippen LogP contribution in [0.2, 0.25) is 0 Å². The molecule has 0 fully saturated rings. The molecule has 2 heterocycles. The standard InChI is InChI=1S/C35H25BrFN3O5S/c1-44-29-16-20(15-27(36)33(29)45-19-23-8-3-5-12-28(23)37)17-30-34(41)39-32(22-9-6-10-24(18-22)40(42)43)26-14-13-21-7-2-4-11-25(21)31(26)38-35(39)46-30/h2-12,15-18,32H,13-14,19H2,1H3/b30-17+/t32-/m1/s1. The fraction of sp³-hybridized carbons (Fsp3) is 0.143. The zero-order chi connectivity index (χ0) is 31.9. The van der Waals surface area contributed by atoms with Crippen LogP contribution >= 0.6 is 27.3 Å². The lowest BCUT2D eigenvalue weighted by atomic mass is 9.83. The van der Waals surface area contributed by atoms with Crippen molar-refractivity contribution in [3.63, 3.8) is 0 Å². The number of fused-ring (bicyclic) bond motifs is 3. The van der Waals surface area contributed by atoms with Crippen LogP contribution in [0.5, 0.6) is 11.5 Å². The number of nitro groups is 1. The lowest BCUT2D eigenvalue weighted by molar-refractivity contribution is -0.384. The Kier molecular flexibility index (Phi) is 7.87. The van der Waals surface area contributed by atoms with Crippen LogP contribution in [-0.2, 0) is 13.0 Å². The molecule has 0 N–H and O–H groups in total. The van der Waals surface area contributed by atoms with Gasteiger partial charge in [0, 0.05) is 23.3 Å². The van der Waals surface area contributed by atoms with Crippen LogP contribution in [0.4, 0.5) is 10.1 Å². The third-order valence-corrected chi connectivity index (χ3v) is 9.72. The van der Waals surface area contributed by atoms with Gasteiger partial charge < -0.3 is 9.47 Å². The highest BCUT2D eigenvalue weighted by atomic mass is 79.9. The Morgan fingerprint density at radius 1 is 1.09 bits per heavy atom. The van der Waals surface area contributed by atoms with Gasteiger partial charge in [0.15, 0.2) is 16.3 Å². The summed E-state index contributed by atoms with van der Waals surface area (Å²) in [5, 5.41) is 11.7. The number of hydrogen-bond acceptors (Lipinski definition) is 7. The van der Waals surface area contributed by atoms with Gasteiger partial charge in [-0.1, -0.05) is 65.9 Å². The Morgan fingerprint density at radius 3 is 2.70 bits per heavy atom. The number of aryl methyl sites for hydroxylation is 1. The van der Waals surface area contributed by atoms with Crippen molar-refractivity contribution < 1.29 is 18.8 Å². The van der Waals surface area contributed by atoms with E-state index >= 15 is 0 Å². The van der Waals surface area contributed by atoms with Crippen molar-refractivity contribution in [1.82, 2.24) is 4.57 Å². The molecular weight excluding hydrogens is 673 g/mol. The lowest BCUT2D eigenvalue weighted by Gasteiger charge is -2.30. The molecule has 0 bridgehead atoms. The summed E-state index contributed by atoms with van der Waals surface area (Å²) in [6.45, 7) is 0.00498. The fourth-order valence-corrected chi connectivity index (χ4v) is 7.59. The van der Waals surface area contributed by atoms with Crippen molar-refractivity contribution in [3.8, 4) is 11.5 Å². The number of rotatable bonds is 7. The van der Waals surface area contributed by atoms with Gasteiger partial charge in [0.2, 0.25) is 0 Å². The van der Waals surface area contributed by atoms with Crippen LogP contribution in [0.15, 0.2) is 105 Å². The number of methoxy groups -OCH3 is 1. The minimum Gasteiger partial charge on any atom is -0.493 e. The molecule has 0 unspecified atom stereocenters. The molecule has 7 rings (SSSR count). The Bertz CT molecular complexity index is 2260. The van der Waals surface area contributed by atoms with Crippen LogP contribution in [0.1, 0.15) is 40.3 Å². The monoisotopic (exact) mass is 697 g/mol. The Morgan fingerprint density at radius 2 is 1.89 bits per heavy atom. The van der Waals surface area contributed by atoms with Gasteiger partial charge in [-0.05, 0) is 75.3 Å². The number of nitrogens with zero attached hydrogens (tertiary/aromatic N) is 3. The zero-order valence-corrected chi connectivity index (χ0v) is 26.8. The molecule has 11 heteroatoms. The number of benzene rings is 4. The van der Waals surface area contributed by atoms with Crippen molar-refractivity contribution in [3.05, 3.63) is 158 Å². The molecule has 2 aliphatic rings. The highest BCUT2D eigenvalue weighted by Crippen LogP contribution is 2.42. The lowest BCUT2D eigenvalue weighted by Crippen LogP contribution is -2.38. The van der Waals surface area contributed by atoms with Gasteiger partial charge in [-0.2, -0.15) is 0 Å². The first-order valence-electron chi connectivity index (χ1n) is 14.4. The van der Waals surface area contributed by atoms with Crippen LogP contribution in [0, 0.1) is 15.9 Å². The molecule has 8 nitrogen and oxygen atoms in total. The molecule has 1 aliphatic carbocycles. The van der Waals surface area contributed by atoms with E-state index < -0.39 is 11.0 Å². The van der Waals surface area contributed by atoms with E-state index in [0.29, 0.717) is 48.4 Å². The van der Waals surface area contributed by atoms with Gasteiger partial charge in [-0.25, -0.2) is 9.38 Å². The number of allylic oxidation sites excluding steroid dienone is 1. The van der Waals surface area contributed by atoms with Crippen molar-refractivity contribution in [1.29, 1.82) is 0 Å². The van der Waals surface area contributed by atoms with Gasteiger partial charge in [0.05, 0.1) is 32.8 Å². The largest absolute Gasteiger partial charge is 0.493 e. The number of hydrogen-bond donors (Lipinski definition) is 0. The maximum atomic E-state index is 14.2. The van der Waals surface area contributed by atoms with Gasteiger partial charge in [-0.15, -0.1) is 0 Å². The van der Waals surface area contributed by atoms with Crippen LogP contribution in [-0.4, -0.2) is 16.6 Å². The predicted octanol–water partition coefficient (Wildman–Crippen LogP) is 6.72. The fourth-order valence-electron chi connectivity index (χ4n) is 6.01. The third-order valence-electron chi connectivity index (χ3n) is 8.15. The maximum absolute atomic E-state index is 14.2. The van der Waals surface area contributed by atoms with Crippen molar-refractivity contribution in [2.75, 3.05) is 7.11 Å². The summed E-state index contributed by atoms with van der Waals surface area (Å²) in [6, 6.07) is 24.0. The van der Waals surface area contributed by atoms with Gasteiger partial charge in [0.1, 0.15) is 12.4 Å². The first kappa shape index (κ1) is 29.8. The minimum absolute atomic E-state index is 0.00498. The molecule has 5 aromatic rings. The third kappa shape index (κ3) is 5.35. The molecule has 0 saturated heterocycles. The summed E-state index contributed by atoms with van der Waals surface area (Å²) in [7, 11) is 1.51. The first-order chi connectivity index (χ1) is 22.3. The van der Waals surface area contributed by atoms with E-state index in [-0.39, 0.29) is 23.7 Å². The second-order valence-corrected chi connectivity index (χ2v) is 12.7. The number of nitro benzene ring substituents is 1. The van der Waals surface area contributed by atoms with E-state index in [0.717, 1.165) is 23.3 Å². The summed E-state index contributed by atoms with van der Waals surface area (Å²) in [4.78, 5) is 31.0. The van der Waals surface area contributed by atoms with E-state index in [1.54, 1.807) is 53.1 Å². The predicted molar refractivity (Wildman–Crippen MR) is 177 cm³/mol. The second-order valence-electron chi connectivity index (χ2n) is 10.9. The molecule has 230 valence electrons. The van der Waals surface area contributed by atoms with Crippen LogP contribution < -0.4 is 24.4 Å². The Labute approximate surface area is 274 Å². The van der Waals surface area contributed by atoms with Gasteiger partial charge in [0.25, 0.3) is 11.2 Å². The number of ether oxygens (including phenoxy) is 2. The average molecular weight is 699 g/mol. The first-order valence-corrected chi connectivity index (χ1v) is 16.0. The second kappa shape index (κ2) is 12.1. The number of halogens is 2. The van der Waals surface area contributed by atoms with Gasteiger partial charge >= 0.3 is 0 Å². The number of non-ortho nitro benzene ring substituents is 1.